The van der Waals surface area contributed by atoms with Gasteiger partial charge in [-0.15, -0.1) is 0 Å². The number of carbonyl (C=O) groups excluding carboxylic acids is 1. The number of pyridine rings is 1. The Hall–Kier alpha value is -1.82. The second kappa shape index (κ2) is 6.56. The van der Waals surface area contributed by atoms with E-state index in [-0.39, 0.29) is 0 Å². The van der Waals surface area contributed by atoms with Gasteiger partial charge in [0.1, 0.15) is 0 Å². The predicted molar refractivity (Wildman–Crippen MR) is 76.8 cm³/mol. The first kappa shape index (κ1) is 14.6. The van der Waals surface area contributed by atoms with Crippen LogP contribution in [0.2, 0.25) is 0 Å². The van der Waals surface area contributed by atoms with E-state index < -0.39 is 5.97 Å². The Morgan fingerprint density at radius 3 is 2.80 bits per heavy atom. The van der Waals surface area contributed by atoms with E-state index in [9.17, 15) is 4.79 Å². The molecular formula is C14H21N3O3. The standard InChI is InChI=1S/C14H21N3O3/c1-3-20-14(18)11-4-7-16-13(12(11)15)17-8-5-10(19-2)6-9-17/h4,7,10H,3,5-6,8-9,15H2,1-2H3. The van der Waals surface area contributed by atoms with Crippen molar-refractivity contribution in [2.45, 2.75) is 25.9 Å². The fourth-order valence-corrected chi connectivity index (χ4v) is 2.40. The Kier molecular flexibility index (Phi) is 4.79. The number of rotatable bonds is 4. The minimum absolute atomic E-state index is 0.292. The summed E-state index contributed by atoms with van der Waals surface area (Å²) in [6.07, 6.45) is 3.75. The van der Waals surface area contributed by atoms with Crippen LogP contribution in [0.4, 0.5) is 11.5 Å². The highest BCUT2D eigenvalue weighted by atomic mass is 16.5. The van der Waals surface area contributed by atoms with E-state index >= 15 is 0 Å². The van der Waals surface area contributed by atoms with Gasteiger partial charge in [0.25, 0.3) is 0 Å². The number of esters is 1. The second-order valence-electron chi connectivity index (χ2n) is 4.74. The van der Waals surface area contributed by atoms with Gasteiger partial charge >= 0.3 is 5.97 Å². The minimum atomic E-state index is -0.402. The first-order valence-electron chi connectivity index (χ1n) is 6.86. The summed E-state index contributed by atoms with van der Waals surface area (Å²) in [6.45, 7) is 3.74. The third-order valence-corrected chi connectivity index (χ3v) is 3.54. The molecule has 1 aliphatic heterocycles. The maximum atomic E-state index is 11.8. The Balaban J connectivity index is 2.17. The highest BCUT2D eigenvalue weighted by Crippen LogP contribution is 2.27. The average molecular weight is 279 g/mol. The summed E-state index contributed by atoms with van der Waals surface area (Å²) >= 11 is 0. The Labute approximate surface area is 118 Å². The molecule has 20 heavy (non-hydrogen) atoms. The lowest BCUT2D eigenvalue weighted by atomic mass is 10.1. The number of ether oxygens (including phenoxy) is 2. The van der Waals surface area contributed by atoms with Crippen LogP contribution in [-0.2, 0) is 9.47 Å². The molecule has 1 fully saturated rings. The molecule has 6 nitrogen and oxygen atoms in total. The fraction of sp³-hybridized carbons (Fsp3) is 0.571. The molecule has 2 rings (SSSR count). The lowest BCUT2D eigenvalue weighted by molar-refractivity contribution is 0.0527. The van der Waals surface area contributed by atoms with Crippen LogP contribution in [0.5, 0.6) is 0 Å². The van der Waals surface area contributed by atoms with Crippen LogP contribution >= 0.6 is 0 Å². The molecule has 110 valence electrons. The van der Waals surface area contributed by atoms with Crippen molar-refractivity contribution in [2.75, 3.05) is 37.4 Å². The molecule has 0 aliphatic carbocycles. The zero-order chi connectivity index (χ0) is 14.5. The van der Waals surface area contributed by atoms with E-state index in [1.165, 1.54) is 0 Å². The van der Waals surface area contributed by atoms with Crippen molar-refractivity contribution in [1.29, 1.82) is 0 Å². The van der Waals surface area contributed by atoms with Gasteiger partial charge in [0.05, 0.1) is 24.0 Å². The molecule has 1 aromatic heterocycles. The lowest BCUT2D eigenvalue weighted by Crippen LogP contribution is -2.37. The highest BCUT2D eigenvalue weighted by molar-refractivity contribution is 5.97. The van der Waals surface area contributed by atoms with Gasteiger partial charge in [-0.1, -0.05) is 0 Å². The number of piperidine rings is 1. The van der Waals surface area contributed by atoms with Crippen LogP contribution in [0.3, 0.4) is 0 Å². The van der Waals surface area contributed by atoms with Gasteiger partial charge in [0.15, 0.2) is 5.82 Å². The summed E-state index contributed by atoms with van der Waals surface area (Å²) in [5.41, 5.74) is 6.85. The smallest absolute Gasteiger partial charge is 0.340 e. The van der Waals surface area contributed by atoms with Gasteiger partial charge in [-0.2, -0.15) is 0 Å². The number of nitrogens with zero attached hydrogens (tertiary/aromatic N) is 2. The van der Waals surface area contributed by atoms with Crippen LogP contribution in [0.1, 0.15) is 30.1 Å². The number of carbonyl (C=O) groups is 1. The van der Waals surface area contributed by atoms with Gasteiger partial charge in [0, 0.05) is 26.4 Å². The van der Waals surface area contributed by atoms with E-state index in [1.807, 2.05) is 0 Å². The maximum Gasteiger partial charge on any atom is 0.340 e. The lowest BCUT2D eigenvalue weighted by Gasteiger charge is -2.32. The topological polar surface area (TPSA) is 77.7 Å². The van der Waals surface area contributed by atoms with E-state index in [1.54, 1.807) is 26.3 Å². The summed E-state index contributed by atoms with van der Waals surface area (Å²) in [7, 11) is 1.73. The predicted octanol–water partition coefficient (Wildman–Crippen LogP) is 1.46. The van der Waals surface area contributed by atoms with Crippen LogP contribution in [0, 0.1) is 0 Å². The van der Waals surface area contributed by atoms with Gasteiger partial charge in [0.2, 0.25) is 0 Å². The number of hydrogen-bond donors (Lipinski definition) is 1. The summed E-state index contributed by atoms with van der Waals surface area (Å²) < 4.78 is 10.3. The molecule has 0 atom stereocenters. The third kappa shape index (κ3) is 3.01. The van der Waals surface area contributed by atoms with E-state index in [0.29, 0.717) is 29.8 Å². The molecule has 0 saturated carbocycles. The molecule has 2 N–H and O–H groups in total. The molecule has 0 bridgehead atoms. The van der Waals surface area contributed by atoms with Gasteiger partial charge in [-0.3, -0.25) is 0 Å². The molecule has 0 amide bonds. The van der Waals surface area contributed by atoms with Crippen LogP contribution < -0.4 is 10.6 Å². The molecule has 0 radical (unpaired) electrons. The second-order valence-corrected chi connectivity index (χ2v) is 4.74. The van der Waals surface area contributed by atoms with Crippen molar-refractivity contribution in [1.82, 2.24) is 4.98 Å². The van der Waals surface area contributed by atoms with Crippen molar-refractivity contribution >= 4 is 17.5 Å². The van der Waals surface area contributed by atoms with E-state index in [4.69, 9.17) is 15.2 Å². The molecule has 2 heterocycles. The van der Waals surface area contributed by atoms with Crippen LogP contribution in [-0.4, -0.2) is 43.9 Å². The monoisotopic (exact) mass is 279 g/mol. The molecule has 6 heteroatoms. The summed E-state index contributed by atoms with van der Waals surface area (Å²) in [5.74, 6) is 0.255. The number of nitrogen functional groups attached to an aromatic ring is 1. The first-order valence-corrected chi connectivity index (χ1v) is 6.86. The van der Waals surface area contributed by atoms with Crippen molar-refractivity contribution in [3.05, 3.63) is 17.8 Å². The van der Waals surface area contributed by atoms with Crippen molar-refractivity contribution in [2.24, 2.45) is 0 Å². The first-order chi connectivity index (χ1) is 9.67. The Morgan fingerprint density at radius 2 is 2.20 bits per heavy atom. The SMILES string of the molecule is CCOC(=O)c1ccnc(N2CCC(OC)CC2)c1N. The number of anilines is 2. The highest BCUT2D eigenvalue weighted by Gasteiger charge is 2.23. The molecule has 1 saturated heterocycles. The largest absolute Gasteiger partial charge is 0.462 e. The Morgan fingerprint density at radius 1 is 1.50 bits per heavy atom. The van der Waals surface area contributed by atoms with Gasteiger partial charge < -0.3 is 20.1 Å². The van der Waals surface area contributed by atoms with Crippen LogP contribution in [0.25, 0.3) is 0 Å². The molecule has 0 aromatic carbocycles. The zero-order valence-corrected chi connectivity index (χ0v) is 12.0. The van der Waals surface area contributed by atoms with Crippen molar-refractivity contribution < 1.29 is 14.3 Å². The third-order valence-electron chi connectivity index (χ3n) is 3.54. The summed E-state index contributed by atoms with van der Waals surface area (Å²) in [5, 5.41) is 0. The number of aromatic nitrogens is 1. The molecule has 0 unspecified atom stereocenters. The number of nitrogens with two attached hydrogens (primary N) is 1. The molecule has 0 spiro atoms. The maximum absolute atomic E-state index is 11.8. The van der Waals surface area contributed by atoms with Crippen molar-refractivity contribution in [3.63, 3.8) is 0 Å². The fourth-order valence-electron chi connectivity index (χ4n) is 2.40. The van der Waals surface area contributed by atoms with Gasteiger partial charge in [-0.25, -0.2) is 9.78 Å². The summed E-state index contributed by atoms with van der Waals surface area (Å²) in [4.78, 5) is 18.2. The molecule has 1 aromatic rings. The van der Waals surface area contributed by atoms with Crippen LogP contribution in [0.15, 0.2) is 12.3 Å². The van der Waals surface area contributed by atoms with Crippen molar-refractivity contribution in [3.8, 4) is 0 Å². The number of methoxy groups -OCH3 is 1. The average Bonchev–Trinajstić information content (AvgIpc) is 2.48. The Bertz CT molecular complexity index is 471. The summed E-state index contributed by atoms with van der Waals surface area (Å²) in [6, 6.07) is 1.60. The van der Waals surface area contributed by atoms with Gasteiger partial charge in [-0.05, 0) is 25.8 Å². The molecule has 1 aliphatic rings. The number of hydrogen-bond acceptors (Lipinski definition) is 6. The quantitative estimate of drug-likeness (QED) is 0.841. The molecular weight excluding hydrogens is 258 g/mol. The minimum Gasteiger partial charge on any atom is -0.462 e. The normalized spacial score (nSPS) is 16.2. The van der Waals surface area contributed by atoms with E-state index in [2.05, 4.69) is 9.88 Å². The van der Waals surface area contributed by atoms with E-state index in [0.717, 1.165) is 25.9 Å². The zero-order valence-electron chi connectivity index (χ0n) is 12.0.